The van der Waals surface area contributed by atoms with E-state index in [2.05, 4.69) is 41.1 Å². The number of aliphatic hydroxyl groups is 1. The first kappa shape index (κ1) is 13.7. The number of aryl methyl sites for hydroxylation is 1. The third-order valence-corrected chi connectivity index (χ3v) is 4.27. The van der Waals surface area contributed by atoms with Crippen LogP contribution in [0.3, 0.4) is 0 Å². The summed E-state index contributed by atoms with van der Waals surface area (Å²) in [5.41, 5.74) is 4.44. The maximum atomic E-state index is 10.6. The zero-order valence-electron chi connectivity index (χ0n) is 11.4. The molecule has 20 heavy (non-hydrogen) atoms. The number of aliphatic hydroxyl groups excluding tert-OH is 1. The highest BCUT2D eigenvalue weighted by Gasteiger charge is 2.22. The monoisotopic (exact) mass is 332 g/mol. The first-order chi connectivity index (χ1) is 9.65. The molecule has 1 aliphatic heterocycles. The van der Waals surface area contributed by atoms with E-state index in [0.29, 0.717) is 13.0 Å². The molecular formula is C17H17BrO2. The predicted octanol–water partition coefficient (Wildman–Crippen LogP) is 3.97. The molecule has 0 aromatic heterocycles. The van der Waals surface area contributed by atoms with Crippen molar-refractivity contribution in [1.82, 2.24) is 0 Å². The van der Waals surface area contributed by atoms with Gasteiger partial charge in [-0.25, -0.2) is 0 Å². The van der Waals surface area contributed by atoms with Gasteiger partial charge in [-0.2, -0.15) is 0 Å². The second-order valence-electron chi connectivity index (χ2n) is 5.23. The summed E-state index contributed by atoms with van der Waals surface area (Å²) in [7, 11) is 0. The third kappa shape index (κ3) is 2.60. The molecule has 3 rings (SSSR count). The Labute approximate surface area is 127 Å². The number of benzene rings is 2. The zero-order chi connectivity index (χ0) is 14.1. The van der Waals surface area contributed by atoms with Gasteiger partial charge in [-0.15, -0.1) is 0 Å². The first-order valence-corrected chi connectivity index (χ1v) is 7.62. The Morgan fingerprint density at radius 3 is 2.90 bits per heavy atom. The molecule has 1 aliphatic rings. The lowest BCUT2D eigenvalue weighted by molar-refractivity contribution is 0.173. The SMILES string of the molecule is Cc1ccccc1CC(O)c1cc(Br)cc2c1OCC2. The van der Waals surface area contributed by atoms with E-state index in [1.54, 1.807) is 0 Å². The number of hydrogen-bond acceptors (Lipinski definition) is 2. The van der Waals surface area contributed by atoms with E-state index in [-0.39, 0.29) is 0 Å². The van der Waals surface area contributed by atoms with Crippen molar-refractivity contribution in [2.75, 3.05) is 6.61 Å². The molecule has 1 N–H and O–H groups in total. The molecule has 0 bridgehead atoms. The Kier molecular flexibility index (Phi) is 3.81. The Morgan fingerprint density at radius 2 is 2.10 bits per heavy atom. The molecule has 2 aromatic carbocycles. The van der Waals surface area contributed by atoms with Gasteiger partial charge < -0.3 is 9.84 Å². The van der Waals surface area contributed by atoms with Crippen LogP contribution in [0.15, 0.2) is 40.9 Å². The fourth-order valence-electron chi connectivity index (χ4n) is 2.70. The average Bonchev–Trinajstić information content (AvgIpc) is 2.88. The number of hydrogen-bond donors (Lipinski definition) is 1. The van der Waals surface area contributed by atoms with Crippen LogP contribution < -0.4 is 4.74 Å². The largest absolute Gasteiger partial charge is 0.493 e. The lowest BCUT2D eigenvalue weighted by Crippen LogP contribution is -2.05. The molecule has 1 atom stereocenters. The molecule has 0 spiro atoms. The minimum absolute atomic E-state index is 0.541. The second kappa shape index (κ2) is 5.58. The molecule has 1 unspecified atom stereocenters. The number of fused-ring (bicyclic) bond motifs is 1. The Balaban J connectivity index is 1.92. The van der Waals surface area contributed by atoms with Crippen molar-refractivity contribution < 1.29 is 9.84 Å². The average molecular weight is 333 g/mol. The van der Waals surface area contributed by atoms with E-state index >= 15 is 0 Å². The maximum Gasteiger partial charge on any atom is 0.128 e. The van der Waals surface area contributed by atoms with Gasteiger partial charge in [-0.3, -0.25) is 0 Å². The molecule has 104 valence electrons. The molecule has 1 heterocycles. The van der Waals surface area contributed by atoms with Gasteiger partial charge in [-0.1, -0.05) is 40.2 Å². The standard InChI is InChI=1S/C17H17BrO2/c1-11-4-2-3-5-12(11)9-16(19)15-10-14(18)8-13-6-7-20-17(13)15/h2-5,8,10,16,19H,6-7,9H2,1H3. The molecule has 0 fully saturated rings. The van der Waals surface area contributed by atoms with Crippen LogP contribution in [-0.2, 0) is 12.8 Å². The molecule has 0 amide bonds. The minimum Gasteiger partial charge on any atom is -0.493 e. The summed E-state index contributed by atoms with van der Waals surface area (Å²) in [6.07, 6.45) is 0.984. The van der Waals surface area contributed by atoms with Crippen LogP contribution in [0.1, 0.15) is 28.4 Å². The summed E-state index contributed by atoms with van der Waals surface area (Å²) < 4.78 is 6.69. The van der Waals surface area contributed by atoms with Crippen LogP contribution in [0.25, 0.3) is 0 Å². The summed E-state index contributed by atoms with van der Waals surface area (Å²) in [5.74, 6) is 0.870. The topological polar surface area (TPSA) is 29.5 Å². The molecule has 0 saturated carbocycles. The van der Waals surface area contributed by atoms with Gasteiger partial charge in [0, 0.05) is 22.9 Å². The Bertz CT molecular complexity index is 637. The van der Waals surface area contributed by atoms with E-state index in [0.717, 1.165) is 22.2 Å². The van der Waals surface area contributed by atoms with Crippen molar-refractivity contribution >= 4 is 15.9 Å². The minimum atomic E-state index is -0.541. The summed E-state index contributed by atoms with van der Waals surface area (Å²) >= 11 is 3.52. The van der Waals surface area contributed by atoms with Crippen LogP contribution >= 0.6 is 15.9 Å². The van der Waals surface area contributed by atoms with Crippen molar-refractivity contribution in [2.45, 2.75) is 25.9 Å². The summed E-state index contributed by atoms with van der Waals surface area (Å²) in [4.78, 5) is 0. The fourth-order valence-corrected chi connectivity index (χ4v) is 3.23. The smallest absolute Gasteiger partial charge is 0.128 e. The van der Waals surface area contributed by atoms with Crippen LogP contribution in [0.4, 0.5) is 0 Å². The fraction of sp³-hybridized carbons (Fsp3) is 0.294. The van der Waals surface area contributed by atoms with Crippen LogP contribution in [0.5, 0.6) is 5.75 Å². The number of halogens is 1. The van der Waals surface area contributed by atoms with E-state index in [1.807, 2.05) is 18.2 Å². The van der Waals surface area contributed by atoms with Crippen molar-refractivity contribution in [3.05, 3.63) is 63.1 Å². The van der Waals surface area contributed by atoms with Gasteiger partial charge in [0.25, 0.3) is 0 Å². The van der Waals surface area contributed by atoms with Crippen molar-refractivity contribution in [1.29, 1.82) is 0 Å². The molecular weight excluding hydrogens is 316 g/mol. The molecule has 3 heteroatoms. The van der Waals surface area contributed by atoms with Crippen molar-refractivity contribution in [3.8, 4) is 5.75 Å². The first-order valence-electron chi connectivity index (χ1n) is 6.83. The molecule has 0 radical (unpaired) electrons. The second-order valence-corrected chi connectivity index (χ2v) is 6.14. The highest BCUT2D eigenvalue weighted by molar-refractivity contribution is 9.10. The zero-order valence-corrected chi connectivity index (χ0v) is 13.0. The molecule has 0 aliphatic carbocycles. The van der Waals surface area contributed by atoms with Gasteiger partial charge in [0.1, 0.15) is 5.75 Å². The molecule has 2 nitrogen and oxygen atoms in total. The van der Waals surface area contributed by atoms with E-state index in [1.165, 1.54) is 16.7 Å². The molecule has 2 aromatic rings. The van der Waals surface area contributed by atoms with E-state index in [9.17, 15) is 5.11 Å². The summed E-state index contributed by atoms with van der Waals surface area (Å²) in [6.45, 7) is 2.78. The van der Waals surface area contributed by atoms with Crippen LogP contribution in [0.2, 0.25) is 0 Å². The normalized spacial score (nSPS) is 14.8. The Morgan fingerprint density at radius 1 is 1.30 bits per heavy atom. The van der Waals surface area contributed by atoms with Gasteiger partial charge in [0.2, 0.25) is 0 Å². The van der Waals surface area contributed by atoms with Gasteiger partial charge in [0.15, 0.2) is 0 Å². The van der Waals surface area contributed by atoms with Crippen molar-refractivity contribution in [3.63, 3.8) is 0 Å². The summed E-state index contributed by atoms with van der Waals surface area (Å²) in [5, 5.41) is 10.6. The predicted molar refractivity (Wildman–Crippen MR) is 83.2 cm³/mol. The number of ether oxygens (including phenoxy) is 1. The van der Waals surface area contributed by atoms with Crippen LogP contribution in [-0.4, -0.2) is 11.7 Å². The maximum absolute atomic E-state index is 10.6. The number of rotatable bonds is 3. The molecule has 0 saturated heterocycles. The van der Waals surface area contributed by atoms with E-state index in [4.69, 9.17) is 4.74 Å². The lowest BCUT2D eigenvalue weighted by Gasteiger charge is -2.16. The Hall–Kier alpha value is -1.32. The third-order valence-electron chi connectivity index (χ3n) is 3.81. The van der Waals surface area contributed by atoms with E-state index < -0.39 is 6.10 Å². The van der Waals surface area contributed by atoms with Gasteiger partial charge in [-0.05, 0) is 35.7 Å². The summed E-state index contributed by atoms with van der Waals surface area (Å²) in [6, 6.07) is 12.2. The highest BCUT2D eigenvalue weighted by atomic mass is 79.9. The van der Waals surface area contributed by atoms with Gasteiger partial charge in [0.05, 0.1) is 12.7 Å². The van der Waals surface area contributed by atoms with Crippen LogP contribution in [0, 0.1) is 6.92 Å². The quantitative estimate of drug-likeness (QED) is 0.921. The highest BCUT2D eigenvalue weighted by Crippen LogP contribution is 2.37. The lowest BCUT2D eigenvalue weighted by atomic mass is 9.96. The van der Waals surface area contributed by atoms with Crippen molar-refractivity contribution in [2.24, 2.45) is 0 Å². The van der Waals surface area contributed by atoms with Gasteiger partial charge >= 0.3 is 0 Å².